The highest BCUT2D eigenvalue weighted by Crippen LogP contribution is 2.43. The molecule has 0 heterocycles. The van der Waals surface area contributed by atoms with E-state index in [-0.39, 0.29) is 11.7 Å². The van der Waals surface area contributed by atoms with Crippen molar-refractivity contribution in [1.82, 2.24) is 9.80 Å². The molecule has 6 nitrogen and oxygen atoms in total. The Morgan fingerprint density at radius 1 is 0.757 bits per heavy atom. The zero-order valence-electron chi connectivity index (χ0n) is 23.5. The maximum absolute atomic E-state index is 11.2. The monoisotopic (exact) mass is 512 g/mol. The molecule has 206 valence electrons. The molecule has 2 aliphatic rings. The molecule has 0 spiro atoms. The molecular formula is C31H48N2O4. The molecule has 0 aromatic heterocycles. The Balaban J connectivity index is 0.000000206. The molecular weight excluding hydrogens is 464 g/mol. The largest absolute Gasteiger partial charge is 0.508 e. The summed E-state index contributed by atoms with van der Waals surface area (Å²) in [6, 6.07) is 15.0. The van der Waals surface area contributed by atoms with Crippen LogP contribution in [0.25, 0.3) is 0 Å². The van der Waals surface area contributed by atoms with Gasteiger partial charge >= 0.3 is 0 Å². The van der Waals surface area contributed by atoms with Gasteiger partial charge in [0.1, 0.15) is 11.5 Å². The number of ether oxygens (including phenoxy) is 1. The van der Waals surface area contributed by atoms with Crippen molar-refractivity contribution in [2.75, 3.05) is 48.4 Å². The zero-order chi connectivity index (χ0) is 27.1. The predicted molar refractivity (Wildman–Crippen MR) is 150 cm³/mol. The number of phenolic OH excluding ortho intramolecular Hbond substituents is 1. The number of hydrogen-bond acceptors (Lipinski definition) is 6. The fourth-order valence-corrected chi connectivity index (χ4v) is 6.25. The Morgan fingerprint density at radius 3 is 1.70 bits per heavy atom. The van der Waals surface area contributed by atoms with Gasteiger partial charge in [0.15, 0.2) is 0 Å². The Kier molecular flexibility index (Phi) is 10.4. The molecule has 2 aromatic carbocycles. The first kappa shape index (κ1) is 29.4. The van der Waals surface area contributed by atoms with E-state index in [4.69, 9.17) is 4.74 Å². The van der Waals surface area contributed by atoms with E-state index in [9.17, 15) is 15.3 Å². The molecule has 37 heavy (non-hydrogen) atoms. The lowest BCUT2D eigenvalue weighted by Gasteiger charge is -2.41. The Labute approximate surface area is 223 Å². The van der Waals surface area contributed by atoms with E-state index in [1.807, 2.05) is 50.5 Å². The molecule has 0 bridgehead atoms. The van der Waals surface area contributed by atoms with E-state index in [0.29, 0.717) is 5.92 Å². The van der Waals surface area contributed by atoms with Crippen LogP contribution in [0.5, 0.6) is 11.5 Å². The molecule has 6 heteroatoms. The van der Waals surface area contributed by atoms with E-state index >= 15 is 0 Å². The summed E-state index contributed by atoms with van der Waals surface area (Å²) in [5, 5.41) is 31.8. The van der Waals surface area contributed by atoms with Crippen LogP contribution in [0.15, 0.2) is 48.5 Å². The third-order valence-corrected chi connectivity index (χ3v) is 8.16. The minimum absolute atomic E-state index is 0.232. The molecule has 0 unspecified atom stereocenters. The van der Waals surface area contributed by atoms with Crippen molar-refractivity contribution in [3.05, 3.63) is 59.7 Å². The van der Waals surface area contributed by atoms with Gasteiger partial charge in [-0.05, 0) is 89.3 Å². The van der Waals surface area contributed by atoms with Crippen LogP contribution in [0.4, 0.5) is 0 Å². The lowest BCUT2D eigenvalue weighted by atomic mass is 9.71. The molecule has 0 saturated heterocycles. The Hall–Kier alpha value is -2.12. The summed E-state index contributed by atoms with van der Waals surface area (Å²) in [5.41, 5.74) is 0.352. The van der Waals surface area contributed by atoms with Gasteiger partial charge in [-0.2, -0.15) is 0 Å². The van der Waals surface area contributed by atoms with Gasteiger partial charge in [-0.15, -0.1) is 0 Å². The fraction of sp³-hybridized carbons (Fsp3) is 0.613. The SMILES string of the molecule is CN(C)C[C@H]1CCCC[C@]1(O)c1cccc(O)c1.COc1cccc([C@@]2(O)CCCC[C@@H]2CN(C)C)c1. The number of rotatable bonds is 7. The second-order valence-corrected chi connectivity index (χ2v) is 11.5. The summed E-state index contributed by atoms with van der Waals surface area (Å²) in [6.45, 7) is 1.81. The third-order valence-electron chi connectivity index (χ3n) is 8.16. The van der Waals surface area contributed by atoms with Crippen molar-refractivity contribution in [2.24, 2.45) is 11.8 Å². The van der Waals surface area contributed by atoms with Crippen molar-refractivity contribution in [1.29, 1.82) is 0 Å². The van der Waals surface area contributed by atoms with Crippen LogP contribution in [0.3, 0.4) is 0 Å². The number of benzene rings is 2. The molecule has 4 atom stereocenters. The maximum atomic E-state index is 11.2. The van der Waals surface area contributed by atoms with Crippen molar-refractivity contribution in [3.63, 3.8) is 0 Å². The van der Waals surface area contributed by atoms with Crippen LogP contribution in [0.2, 0.25) is 0 Å². The summed E-state index contributed by atoms with van der Waals surface area (Å²) in [4.78, 5) is 4.30. The number of aromatic hydroxyl groups is 1. The molecule has 0 aliphatic heterocycles. The first-order valence-corrected chi connectivity index (χ1v) is 13.8. The van der Waals surface area contributed by atoms with Crippen LogP contribution in [-0.2, 0) is 11.2 Å². The highest BCUT2D eigenvalue weighted by molar-refractivity contribution is 5.34. The normalized spacial score (nSPS) is 28.0. The fourth-order valence-electron chi connectivity index (χ4n) is 6.25. The second kappa shape index (κ2) is 13.1. The van der Waals surface area contributed by atoms with Crippen molar-refractivity contribution in [2.45, 2.75) is 62.6 Å². The zero-order valence-corrected chi connectivity index (χ0v) is 23.5. The maximum Gasteiger partial charge on any atom is 0.119 e. The summed E-state index contributed by atoms with van der Waals surface area (Å²) >= 11 is 0. The van der Waals surface area contributed by atoms with E-state index in [1.54, 1.807) is 19.2 Å². The summed E-state index contributed by atoms with van der Waals surface area (Å²) in [5.74, 6) is 1.58. The molecule has 0 radical (unpaired) electrons. The summed E-state index contributed by atoms with van der Waals surface area (Å²) in [6.07, 6.45) is 8.31. The minimum atomic E-state index is -0.790. The van der Waals surface area contributed by atoms with Gasteiger partial charge in [0, 0.05) is 24.9 Å². The van der Waals surface area contributed by atoms with Crippen LogP contribution < -0.4 is 4.74 Å². The third kappa shape index (κ3) is 7.47. The highest BCUT2D eigenvalue weighted by atomic mass is 16.5. The second-order valence-electron chi connectivity index (χ2n) is 11.5. The Bertz CT molecular complexity index is 981. The van der Waals surface area contributed by atoms with Crippen molar-refractivity contribution < 1.29 is 20.1 Å². The van der Waals surface area contributed by atoms with Crippen molar-refractivity contribution >= 4 is 0 Å². The minimum Gasteiger partial charge on any atom is -0.508 e. The standard InChI is InChI=1S/C16H25NO2.C15H23NO2/c1-17(2)12-14-7-4-5-10-16(14,18)13-8-6-9-15(11-13)19-3;1-16(2)11-13-6-3-4-9-15(13,18)12-7-5-8-14(17)10-12/h6,8-9,11,14,18H,4-5,7,10,12H2,1-3H3;5,7-8,10,13,17-18H,3-4,6,9,11H2,1-2H3/t14-,16+;13-,15+/m11/s1. The quantitative estimate of drug-likeness (QED) is 0.487. The molecule has 3 N–H and O–H groups in total. The Morgan fingerprint density at radius 2 is 1.24 bits per heavy atom. The number of aliphatic hydroxyl groups is 2. The van der Waals surface area contributed by atoms with E-state index in [2.05, 4.69) is 23.9 Å². The number of nitrogens with zero attached hydrogens (tertiary/aromatic N) is 2. The predicted octanol–water partition coefficient (Wildman–Crippen LogP) is 4.97. The summed E-state index contributed by atoms with van der Waals surface area (Å²) < 4.78 is 5.29. The van der Waals surface area contributed by atoms with E-state index in [0.717, 1.165) is 68.5 Å². The molecule has 2 fully saturated rings. The average molecular weight is 513 g/mol. The van der Waals surface area contributed by atoms with Gasteiger partial charge in [-0.1, -0.05) is 49.9 Å². The lowest BCUT2D eigenvalue weighted by Crippen LogP contribution is -2.43. The van der Waals surface area contributed by atoms with Crippen LogP contribution in [0, 0.1) is 11.8 Å². The number of hydrogen-bond donors (Lipinski definition) is 3. The van der Waals surface area contributed by atoms with Crippen LogP contribution in [-0.4, -0.2) is 73.5 Å². The van der Waals surface area contributed by atoms with E-state index < -0.39 is 11.2 Å². The van der Waals surface area contributed by atoms with Crippen LogP contribution in [0.1, 0.15) is 62.5 Å². The van der Waals surface area contributed by atoms with Gasteiger partial charge in [0.05, 0.1) is 18.3 Å². The number of methoxy groups -OCH3 is 1. The average Bonchev–Trinajstić information content (AvgIpc) is 2.87. The van der Waals surface area contributed by atoms with E-state index in [1.165, 1.54) is 12.8 Å². The molecule has 2 saturated carbocycles. The number of phenols is 1. The van der Waals surface area contributed by atoms with Gasteiger partial charge in [0.2, 0.25) is 0 Å². The highest BCUT2D eigenvalue weighted by Gasteiger charge is 2.41. The first-order chi connectivity index (χ1) is 17.6. The lowest BCUT2D eigenvalue weighted by molar-refractivity contribution is -0.0621. The van der Waals surface area contributed by atoms with Gasteiger partial charge in [-0.25, -0.2) is 0 Å². The molecule has 2 aliphatic carbocycles. The smallest absolute Gasteiger partial charge is 0.119 e. The molecule has 4 rings (SSSR count). The first-order valence-electron chi connectivity index (χ1n) is 13.8. The van der Waals surface area contributed by atoms with Gasteiger partial charge < -0.3 is 29.9 Å². The summed E-state index contributed by atoms with van der Waals surface area (Å²) in [7, 11) is 9.89. The molecule has 2 aromatic rings. The van der Waals surface area contributed by atoms with Crippen molar-refractivity contribution in [3.8, 4) is 11.5 Å². The van der Waals surface area contributed by atoms with Gasteiger partial charge in [-0.3, -0.25) is 0 Å². The van der Waals surface area contributed by atoms with Gasteiger partial charge in [0.25, 0.3) is 0 Å². The topological polar surface area (TPSA) is 76.4 Å². The van der Waals surface area contributed by atoms with Crippen LogP contribution >= 0.6 is 0 Å². The molecule has 0 amide bonds.